The number of aromatic nitrogens is 1. The molecule has 4 N–H and O–H groups in total. The number of aliphatic carboxylic acids is 1. The molecule has 1 saturated heterocycles. The zero-order chi connectivity index (χ0) is 19.0. The number of nitrogens with zero attached hydrogens (tertiary/aromatic N) is 3. The van der Waals surface area contributed by atoms with Gasteiger partial charge in [-0.1, -0.05) is 12.7 Å². The van der Waals surface area contributed by atoms with Crippen molar-refractivity contribution < 1.29 is 19.5 Å². The minimum absolute atomic E-state index is 0.0972. The lowest BCUT2D eigenvalue weighted by Gasteiger charge is -2.49. The maximum Gasteiger partial charge on any atom is 0.352 e. The first-order valence-electron chi connectivity index (χ1n) is 7.26. The molecule has 12 heteroatoms. The van der Waals surface area contributed by atoms with Crippen molar-refractivity contribution >= 4 is 46.0 Å². The van der Waals surface area contributed by atoms with Gasteiger partial charge in [0.1, 0.15) is 17.1 Å². The summed E-state index contributed by atoms with van der Waals surface area (Å²) in [6.45, 7) is 3.56. The monoisotopic (exact) mass is 395 g/mol. The molecule has 1 fully saturated rings. The number of allylic oxidation sites excluding steroid dienone is 1. The molecule has 136 valence electrons. The van der Waals surface area contributed by atoms with Gasteiger partial charge in [0, 0.05) is 11.1 Å². The highest BCUT2D eigenvalue weighted by Crippen LogP contribution is 2.40. The lowest BCUT2D eigenvalue weighted by Crippen LogP contribution is -2.70. The third-order valence-electron chi connectivity index (χ3n) is 3.92. The van der Waals surface area contributed by atoms with Crippen LogP contribution in [0.1, 0.15) is 11.7 Å². The van der Waals surface area contributed by atoms with Crippen molar-refractivity contribution in [1.29, 1.82) is 0 Å². The minimum Gasteiger partial charge on any atom is -0.477 e. The van der Waals surface area contributed by atoms with Crippen LogP contribution in [0.15, 0.2) is 34.5 Å². The predicted octanol–water partition coefficient (Wildman–Crippen LogP) is 0.457. The molecular weight excluding hydrogens is 382 g/mol. The van der Waals surface area contributed by atoms with Crippen molar-refractivity contribution in [3.05, 3.63) is 39.9 Å². The van der Waals surface area contributed by atoms with Crippen molar-refractivity contribution in [1.82, 2.24) is 15.2 Å². The standard InChI is InChI=1S/C14H13N5O5S2/c1-2-5-3-25-12-8(11(21)19(12)9(5)13(22)23)17-10(20)7(18-24)6-4-26-14(15)16-6/h2,4,7-8,12H,1,3H2,(H2,15,16)(H,17,20)(H,22,23). The number of nitroso groups, excluding NO2 is 1. The van der Waals surface area contributed by atoms with Gasteiger partial charge in [-0.3, -0.25) is 14.5 Å². The van der Waals surface area contributed by atoms with Crippen LogP contribution in [0, 0.1) is 4.91 Å². The normalized spacial score (nSPS) is 22.9. The third-order valence-corrected chi connectivity index (χ3v) is 5.91. The minimum atomic E-state index is -1.43. The van der Waals surface area contributed by atoms with Gasteiger partial charge < -0.3 is 16.2 Å². The van der Waals surface area contributed by atoms with Crippen molar-refractivity contribution in [3.63, 3.8) is 0 Å². The molecule has 0 saturated carbocycles. The van der Waals surface area contributed by atoms with Gasteiger partial charge in [-0.25, -0.2) is 9.78 Å². The van der Waals surface area contributed by atoms with Crippen LogP contribution in [-0.2, 0) is 14.4 Å². The van der Waals surface area contributed by atoms with Crippen LogP contribution < -0.4 is 11.1 Å². The van der Waals surface area contributed by atoms with E-state index in [1.54, 1.807) is 0 Å². The number of nitrogen functional groups attached to an aromatic ring is 1. The lowest BCUT2D eigenvalue weighted by atomic mass is 10.0. The number of carbonyl (C=O) groups excluding carboxylic acids is 2. The molecule has 10 nitrogen and oxygen atoms in total. The Kier molecular flexibility index (Phi) is 4.78. The molecule has 2 aliphatic rings. The fraction of sp³-hybridized carbons (Fsp3) is 0.286. The van der Waals surface area contributed by atoms with E-state index in [9.17, 15) is 24.4 Å². The Labute approximate surface area is 155 Å². The number of thiazole rings is 1. The summed E-state index contributed by atoms with van der Waals surface area (Å²) in [5.41, 5.74) is 5.88. The van der Waals surface area contributed by atoms with E-state index in [1.807, 2.05) is 0 Å². The van der Waals surface area contributed by atoms with E-state index in [0.29, 0.717) is 11.3 Å². The van der Waals surface area contributed by atoms with Gasteiger partial charge in [-0.15, -0.1) is 28.0 Å². The number of carbonyl (C=O) groups is 3. The second kappa shape index (κ2) is 6.88. The smallest absolute Gasteiger partial charge is 0.352 e. The Bertz CT molecular complexity index is 851. The van der Waals surface area contributed by atoms with E-state index >= 15 is 0 Å². The second-order valence-corrected chi connectivity index (χ2v) is 7.39. The quantitative estimate of drug-likeness (QED) is 0.463. The molecule has 0 radical (unpaired) electrons. The van der Waals surface area contributed by atoms with Gasteiger partial charge in [0.25, 0.3) is 11.8 Å². The summed E-state index contributed by atoms with van der Waals surface area (Å²) in [4.78, 5) is 52.2. The maximum absolute atomic E-state index is 12.4. The van der Waals surface area contributed by atoms with Crippen LogP contribution in [0.2, 0.25) is 0 Å². The average Bonchev–Trinajstić information content (AvgIpc) is 3.04. The van der Waals surface area contributed by atoms with Gasteiger partial charge in [0.15, 0.2) is 5.13 Å². The molecule has 2 amide bonds. The molecule has 26 heavy (non-hydrogen) atoms. The first-order valence-corrected chi connectivity index (χ1v) is 9.19. The Morgan fingerprint density at radius 1 is 1.58 bits per heavy atom. The van der Waals surface area contributed by atoms with E-state index in [1.165, 1.54) is 23.2 Å². The van der Waals surface area contributed by atoms with Crippen molar-refractivity contribution in [2.75, 3.05) is 11.5 Å². The highest BCUT2D eigenvalue weighted by Gasteiger charge is 2.54. The highest BCUT2D eigenvalue weighted by atomic mass is 32.2. The first kappa shape index (κ1) is 18.1. The van der Waals surface area contributed by atoms with Gasteiger partial charge in [0.05, 0.1) is 5.69 Å². The van der Waals surface area contributed by atoms with Gasteiger partial charge >= 0.3 is 5.97 Å². The van der Waals surface area contributed by atoms with E-state index in [2.05, 4.69) is 22.1 Å². The summed E-state index contributed by atoms with van der Waals surface area (Å²) in [6.07, 6.45) is 1.39. The molecule has 2 aliphatic heterocycles. The number of amides is 2. The predicted molar refractivity (Wildman–Crippen MR) is 94.9 cm³/mol. The molecule has 3 unspecified atom stereocenters. The number of β-lactam (4-membered cyclic amide) rings is 1. The number of rotatable bonds is 6. The lowest BCUT2D eigenvalue weighted by molar-refractivity contribution is -0.150. The Balaban J connectivity index is 1.77. The molecule has 0 bridgehead atoms. The zero-order valence-corrected chi connectivity index (χ0v) is 14.7. The van der Waals surface area contributed by atoms with Gasteiger partial charge in [-0.2, -0.15) is 0 Å². The van der Waals surface area contributed by atoms with Crippen LogP contribution >= 0.6 is 23.1 Å². The number of nitrogens with one attached hydrogen (secondary N) is 1. The molecule has 1 aromatic rings. The number of hydrogen-bond donors (Lipinski definition) is 3. The number of hydrogen-bond acceptors (Lipinski definition) is 9. The number of carboxylic acid groups (broad SMARTS) is 1. The van der Waals surface area contributed by atoms with Gasteiger partial charge in [0.2, 0.25) is 6.04 Å². The van der Waals surface area contributed by atoms with Crippen molar-refractivity contribution in [2.45, 2.75) is 17.5 Å². The number of carboxylic acids is 1. The topological polar surface area (TPSA) is 155 Å². The first-order chi connectivity index (χ1) is 12.4. The van der Waals surface area contributed by atoms with Crippen molar-refractivity contribution in [2.24, 2.45) is 5.18 Å². The number of fused-ring (bicyclic) bond motifs is 1. The SMILES string of the molecule is C=CC1=C(C(=O)O)N2C(=O)C(NC(=O)C(N=O)c3csc(N)n3)C2SC1. The van der Waals surface area contributed by atoms with Gasteiger partial charge in [-0.05, 0) is 10.7 Å². The zero-order valence-electron chi connectivity index (χ0n) is 13.1. The molecule has 1 aromatic heterocycles. The molecule has 3 atom stereocenters. The number of thioether (sulfide) groups is 1. The Hall–Kier alpha value is -2.73. The third kappa shape index (κ3) is 2.86. The van der Waals surface area contributed by atoms with E-state index in [0.717, 1.165) is 16.2 Å². The fourth-order valence-corrected chi connectivity index (χ4v) is 4.62. The van der Waals surface area contributed by atoms with E-state index in [-0.39, 0.29) is 16.5 Å². The summed E-state index contributed by atoms with van der Waals surface area (Å²) < 4.78 is 0. The number of nitrogens with two attached hydrogens (primary N) is 1. The molecule has 0 aromatic carbocycles. The summed E-state index contributed by atoms with van der Waals surface area (Å²) in [7, 11) is 0. The van der Waals surface area contributed by atoms with E-state index in [4.69, 9.17) is 5.73 Å². The molecule has 3 heterocycles. The largest absolute Gasteiger partial charge is 0.477 e. The Morgan fingerprint density at radius 3 is 2.85 bits per heavy atom. The molecular formula is C14H13N5O5S2. The van der Waals surface area contributed by atoms with E-state index < -0.39 is 35.2 Å². The summed E-state index contributed by atoms with van der Waals surface area (Å²) >= 11 is 2.35. The van der Waals surface area contributed by atoms with Crippen LogP contribution in [0.5, 0.6) is 0 Å². The van der Waals surface area contributed by atoms with Crippen molar-refractivity contribution in [3.8, 4) is 0 Å². The summed E-state index contributed by atoms with van der Waals surface area (Å²) in [5.74, 6) is -2.27. The molecule has 0 spiro atoms. The van der Waals surface area contributed by atoms with Crippen LogP contribution in [0.4, 0.5) is 5.13 Å². The Morgan fingerprint density at radius 2 is 2.31 bits per heavy atom. The summed E-state index contributed by atoms with van der Waals surface area (Å²) in [5, 5.41) is 15.6. The molecule has 0 aliphatic carbocycles. The number of anilines is 1. The van der Waals surface area contributed by atoms with Crippen LogP contribution in [0.25, 0.3) is 0 Å². The summed E-state index contributed by atoms with van der Waals surface area (Å²) in [6, 6.07) is -2.38. The molecule has 3 rings (SSSR count). The van der Waals surface area contributed by atoms with Crippen LogP contribution in [-0.4, -0.2) is 49.9 Å². The highest BCUT2D eigenvalue weighted by molar-refractivity contribution is 8.00. The second-order valence-electron chi connectivity index (χ2n) is 5.40. The fourth-order valence-electron chi connectivity index (χ4n) is 2.69. The average molecular weight is 395 g/mol. The van der Waals surface area contributed by atoms with Crippen LogP contribution in [0.3, 0.4) is 0 Å². The maximum atomic E-state index is 12.4.